The van der Waals surface area contributed by atoms with Crippen LogP contribution in [0.25, 0.3) is 0 Å². The van der Waals surface area contributed by atoms with Crippen LogP contribution in [0.1, 0.15) is 163 Å². The van der Waals surface area contributed by atoms with E-state index >= 15 is 0 Å². The van der Waals surface area contributed by atoms with E-state index in [0.29, 0.717) is 0 Å². The van der Waals surface area contributed by atoms with Crippen LogP contribution in [-0.4, -0.2) is 0 Å². The molecule has 0 radical (unpaired) electrons. The van der Waals surface area contributed by atoms with Gasteiger partial charge in [0.15, 0.2) is 0 Å². The Morgan fingerprint density at radius 1 is 0.179 bits per heavy atom. The van der Waals surface area contributed by atoms with E-state index in [1.807, 2.05) is 0 Å². The Hall–Kier alpha value is -1.44. The molecule has 7 N–H and O–H groups in total. The third kappa shape index (κ3) is 21100. The molecule has 9 nitrogen and oxygen atoms in total. The Bertz CT molecular complexity index is 102. The molecule has 284 valence electrons. The van der Waals surface area contributed by atoms with Crippen molar-refractivity contribution < 1.29 is 0 Å². The van der Waals surface area contributed by atoms with Gasteiger partial charge in [-0.2, -0.15) is 0 Å². The van der Waals surface area contributed by atoms with Crippen molar-refractivity contribution in [1.29, 1.82) is 44.2 Å². The maximum absolute atomic E-state index is 6.00. The van der Waals surface area contributed by atoms with Crippen LogP contribution in [-0.2, 0) is 87.0 Å². The van der Waals surface area contributed by atoms with Crippen LogP contribution in [0.5, 0.6) is 0 Å². The second-order valence-electron chi connectivity index (χ2n) is 0. The molecule has 0 aliphatic heterocycles. The summed E-state index contributed by atoms with van der Waals surface area (Å²) in [6.45, 7) is 0. The quantitative estimate of drug-likeness (QED) is 0.115. The van der Waals surface area contributed by atoms with E-state index in [0.717, 1.165) is 0 Å². The average Bonchev–Trinajstić information content (AvgIpc) is 2.54. The van der Waals surface area contributed by atoms with Crippen molar-refractivity contribution in [2.75, 3.05) is 0 Å². The number of rotatable bonds is 0. The van der Waals surface area contributed by atoms with E-state index < -0.39 is 0 Å². The van der Waals surface area contributed by atoms with E-state index in [4.69, 9.17) is 44.2 Å². The van der Waals surface area contributed by atoms with Gasteiger partial charge in [-0.3, -0.25) is 0 Å². The smallest absolute Gasteiger partial charge is 0.0324 e. The molecule has 0 heterocycles. The minimum atomic E-state index is 0. The van der Waals surface area contributed by atoms with Gasteiger partial charge in [0, 0.05) is 97.8 Å². The van der Waals surface area contributed by atoms with Gasteiger partial charge in [-0.15, -0.1) is 0 Å². The third-order valence-electron chi connectivity index (χ3n) is 0. The molecule has 0 aromatic heterocycles. The molecule has 0 rings (SSSR count). The molecule has 0 aromatic carbocycles. The van der Waals surface area contributed by atoms with Crippen molar-refractivity contribution in [3.8, 4) is 0 Å². The van der Waals surface area contributed by atoms with Gasteiger partial charge in [0.05, 0.1) is 0 Å². The van der Waals surface area contributed by atoms with Crippen molar-refractivity contribution in [2.24, 2.45) is 0 Å². The van der Waals surface area contributed by atoms with Crippen LogP contribution in [0, 0.1) is 44.2 Å². The zero-order chi connectivity index (χ0) is 16.0. The number of hydrogen-bond donors (Lipinski definition) is 7. The van der Waals surface area contributed by atoms with Gasteiger partial charge in [-0.05, 0) is 0 Å². The summed E-state index contributed by atoms with van der Waals surface area (Å²) in [5, 5.41) is 12.0. The van der Waals surface area contributed by atoms with E-state index in [2.05, 4.69) is 87.0 Å². The normalized spacial score (nSPS) is 0.769. The molecule has 0 aromatic rings. The van der Waals surface area contributed by atoms with Gasteiger partial charge in [0.1, 0.15) is 0 Å². The van der Waals surface area contributed by atoms with E-state index in [9.17, 15) is 0 Å². The molecule has 0 saturated carbocycles. The zero-order valence-electron chi connectivity index (χ0n) is 7.52. The first-order chi connectivity index (χ1) is 8.00. The van der Waals surface area contributed by atoms with Gasteiger partial charge in [-0.25, -0.2) is 33.5 Å². The summed E-state index contributed by atoms with van der Waals surface area (Å²) in [4.78, 5) is 0. The Balaban J connectivity index is -0.000000000596. The summed E-state index contributed by atoms with van der Waals surface area (Å²) in [5.74, 6) is 0. The molecule has 17 heteroatoms. The molecule has 0 saturated heterocycles. The van der Waals surface area contributed by atoms with Gasteiger partial charge in [0.2, 0.25) is 0 Å². The van der Waals surface area contributed by atoms with Crippen molar-refractivity contribution >= 4 is 87.0 Å². The van der Waals surface area contributed by atoms with Crippen LogP contribution < -0.4 is 0 Å². The molecule has 0 aliphatic rings. The molecule has 0 amide bonds. The summed E-state index contributed by atoms with van der Waals surface area (Å²) >= 11 is 23.3. The number of hydrogen-bond acceptors (Lipinski definition) is 16. The fourth-order valence-electron chi connectivity index (χ4n) is 0. The van der Waals surface area contributed by atoms with Gasteiger partial charge >= 0.3 is 0 Å². The molecule has 0 spiro atoms. The van der Waals surface area contributed by atoms with Crippen LogP contribution in [0.4, 0.5) is 0 Å². The SMILES string of the molecule is C.C.C.C.C.C.C.C.C.C.C.C.C.C.C.C.C.C.C.C.C.C.N#N.N=S.N=S.N=S.N=S.N=S.N=S.N=S.[No]. The van der Waals surface area contributed by atoms with Gasteiger partial charge < -0.3 is 0 Å². The Morgan fingerprint density at radius 2 is 0.179 bits per heavy atom. The zero-order valence-corrected chi connectivity index (χ0v) is 15.5. The van der Waals surface area contributed by atoms with Gasteiger partial charge in [-0.1, -0.05) is 163 Å². The maximum atomic E-state index is 6.00. The second-order valence-corrected chi connectivity index (χ2v) is 0. The van der Waals surface area contributed by atoms with Crippen molar-refractivity contribution in [3.63, 3.8) is 0 Å². The van der Waals surface area contributed by atoms with Crippen LogP contribution >= 0.6 is 0 Å². The first kappa shape index (κ1) is 1170. The van der Waals surface area contributed by atoms with E-state index in [1.165, 1.54) is 0 Å². The number of nitrogens with zero attached hydrogens (tertiary/aromatic N) is 2. The Morgan fingerprint density at radius 3 is 0.179 bits per heavy atom. The topological polar surface area (TPSA) is 215 Å². The molecule has 0 unspecified atom stereocenters. The Labute approximate surface area is 292 Å². The minimum absolute atomic E-state index is 0. The predicted octanol–water partition coefficient (Wildman–Crippen LogP) is 16.1. The third-order valence-corrected chi connectivity index (χ3v) is 0. The molecule has 0 fully saturated rings. The fraction of sp³-hybridized carbons (Fsp3) is 1.00. The van der Waals surface area contributed by atoms with E-state index in [1.54, 1.807) is 0 Å². The van der Waals surface area contributed by atoms with E-state index in [-0.39, 0.29) is 163 Å². The van der Waals surface area contributed by atoms with Crippen LogP contribution in [0.15, 0.2) is 0 Å². The summed E-state index contributed by atoms with van der Waals surface area (Å²) in [6.07, 6.45) is 0. The van der Waals surface area contributed by atoms with Crippen molar-refractivity contribution in [2.45, 2.75) is 163 Å². The standard InChI is InChI=1S/22CH4.N2.7HNS.No/c;;;;;;;;;;;;;;;;;;;;;;8*1-2;/h22*1H4;;7*1H;. The molecule has 39 heavy (non-hydrogen) atoms. The maximum Gasteiger partial charge on any atom is 0.0324 e. The molecule has 0 bridgehead atoms. The Kier molecular flexibility index (Phi) is 667000. The van der Waals surface area contributed by atoms with Crippen molar-refractivity contribution in [3.05, 3.63) is 0 Å². The second kappa shape index (κ2) is 22300. The molecule has 0 aliphatic carbocycles. The molecular weight excluding hydrogens is 874 g/mol. The summed E-state index contributed by atoms with van der Waals surface area (Å²) in [7, 11) is 0. The first-order valence-electron chi connectivity index (χ1n) is 1.63. The number of nitrogens with one attached hydrogen (secondary N) is 7. The van der Waals surface area contributed by atoms with Crippen molar-refractivity contribution in [1.82, 2.24) is 0 Å². The summed E-state index contributed by atoms with van der Waals surface area (Å²) in [6, 6.07) is 0. The molecular formula is C22H95N9NoS7. The fourth-order valence-corrected chi connectivity index (χ4v) is 0. The minimum Gasteiger partial charge on any atom is -0.235 e. The average molecular weight is 970 g/mol. The largest absolute Gasteiger partial charge is 0.235 e. The molecule has 0 atom stereocenters. The summed E-state index contributed by atoms with van der Waals surface area (Å²) < 4.78 is 37.3. The first-order valence-corrected chi connectivity index (χ1v) is 4.49. The predicted molar refractivity (Wildman–Crippen MR) is 222 cm³/mol. The van der Waals surface area contributed by atoms with Crippen LogP contribution in [0.3, 0.4) is 0 Å². The van der Waals surface area contributed by atoms with Crippen LogP contribution in [0.2, 0.25) is 0 Å². The van der Waals surface area contributed by atoms with Gasteiger partial charge in [0.25, 0.3) is 0 Å². The monoisotopic (exact) mass is 969 g/mol. The summed E-state index contributed by atoms with van der Waals surface area (Å²) in [5.41, 5.74) is 0.